The lowest BCUT2D eigenvalue weighted by molar-refractivity contribution is -0.274. The van der Waals surface area contributed by atoms with Gasteiger partial charge in [-0.3, -0.25) is 0 Å². The van der Waals surface area contributed by atoms with E-state index in [0.717, 1.165) is 23.3 Å². The van der Waals surface area contributed by atoms with Crippen LogP contribution in [0.5, 0.6) is 11.5 Å². The second kappa shape index (κ2) is 9.82. The number of likely N-dealkylation sites (N-methyl/N-ethyl adjacent to an activating group) is 1. The number of aryl methyl sites for hydroxylation is 1. The number of rotatable bonds is 7. The Morgan fingerprint density at radius 2 is 1.71 bits per heavy atom. The van der Waals surface area contributed by atoms with Gasteiger partial charge in [0.25, 0.3) is 0 Å². The van der Waals surface area contributed by atoms with Crippen LogP contribution < -0.4 is 14.8 Å². The van der Waals surface area contributed by atoms with Crippen molar-refractivity contribution in [1.82, 2.24) is 4.90 Å². The summed E-state index contributed by atoms with van der Waals surface area (Å²) < 4.78 is 46.4. The molecule has 0 aromatic heterocycles. The molecule has 7 nitrogen and oxygen atoms in total. The van der Waals surface area contributed by atoms with E-state index in [9.17, 15) is 27.9 Å². The first kappa shape index (κ1) is 25.2. The van der Waals surface area contributed by atoms with Crippen molar-refractivity contribution >= 4 is 17.7 Å². The molecule has 10 heteroatoms. The van der Waals surface area contributed by atoms with Crippen LogP contribution in [0.25, 0.3) is 0 Å². The smallest absolute Gasteiger partial charge is 0.478 e. The summed E-state index contributed by atoms with van der Waals surface area (Å²) in [7, 11) is 0. The standard InChI is InChI=1S/C24H27F3N2O5/c1-4-29(22(32)28-17-7-11-19(12-8-17)34-24(25,26)27)18-9-5-16-14-20(10-6-15(16)13-18)33-23(2,3)21(30)31/h6-8,10-12,14,18H,4-5,9,13H2,1-3H3,(H,28,32)(H,30,31). The number of carbonyl (C=O) groups excluding carboxylic acids is 1. The Labute approximate surface area is 195 Å². The summed E-state index contributed by atoms with van der Waals surface area (Å²) in [6, 6.07) is 10.0. The Bertz CT molecular complexity index is 1040. The van der Waals surface area contributed by atoms with Gasteiger partial charge >= 0.3 is 18.4 Å². The van der Waals surface area contributed by atoms with Gasteiger partial charge in [-0.05, 0) is 87.6 Å². The molecule has 0 bridgehead atoms. The molecule has 0 aliphatic heterocycles. The van der Waals surface area contributed by atoms with Gasteiger partial charge in [-0.25, -0.2) is 9.59 Å². The van der Waals surface area contributed by atoms with Gasteiger partial charge in [0, 0.05) is 18.3 Å². The third kappa shape index (κ3) is 6.33. The van der Waals surface area contributed by atoms with Crippen LogP contribution in [-0.2, 0) is 17.6 Å². The summed E-state index contributed by atoms with van der Waals surface area (Å²) >= 11 is 0. The molecule has 0 saturated carbocycles. The Kier molecular flexibility index (Phi) is 7.28. The minimum Gasteiger partial charge on any atom is -0.478 e. The zero-order valence-electron chi connectivity index (χ0n) is 19.1. The van der Waals surface area contributed by atoms with E-state index in [2.05, 4.69) is 10.1 Å². The van der Waals surface area contributed by atoms with Crippen molar-refractivity contribution < 1.29 is 37.3 Å². The quantitative estimate of drug-likeness (QED) is 0.566. The molecule has 2 aromatic carbocycles. The highest BCUT2D eigenvalue weighted by Gasteiger charge is 2.32. The Morgan fingerprint density at radius 1 is 1.06 bits per heavy atom. The number of carboxylic acids is 1. The Hall–Kier alpha value is -3.43. The van der Waals surface area contributed by atoms with Crippen LogP contribution in [0.4, 0.5) is 23.7 Å². The number of fused-ring (bicyclic) bond motifs is 1. The molecule has 0 radical (unpaired) electrons. The van der Waals surface area contributed by atoms with Gasteiger partial charge in [0.15, 0.2) is 5.60 Å². The number of halogens is 3. The molecule has 34 heavy (non-hydrogen) atoms. The molecule has 0 heterocycles. The number of hydrogen-bond acceptors (Lipinski definition) is 4. The van der Waals surface area contributed by atoms with Gasteiger partial charge in [0.05, 0.1) is 0 Å². The van der Waals surface area contributed by atoms with Crippen molar-refractivity contribution in [2.24, 2.45) is 0 Å². The normalized spacial score (nSPS) is 15.8. The predicted octanol–water partition coefficient (Wildman–Crippen LogP) is 5.24. The lowest BCUT2D eigenvalue weighted by atomic mass is 9.87. The topological polar surface area (TPSA) is 88.1 Å². The number of carbonyl (C=O) groups is 2. The summed E-state index contributed by atoms with van der Waals surface area (Å²) in [5.41, 5.74) is 1.11. The van der Waals surface area contributed by atoms with Gasteiger partial charge in [0.1, 0.15) is 11.5 Å². The van der Waals surface area contributed by atoms with E-state index < -0.39 is 17.9 Å². The first-order chi connectivity index (χ1) is 15.9. The van der Waals surface area contributed by atoms with E-state index in [-0.39, 0.29) is 17.8 Å². The lowest BCUT2D eigenvalue weighted by Crippen LogP contribution is -2.45. The number of anilines is 1. The van der Waals surface area contributed by atoms with E-state index in [1.807, 2.05) is 19.1 Å². The fraction of sp³-hybridized carbons (Fsp3) is 0.417. The van der Waals surface area contributed by atoms with Gasteiger partial charge in [-0.15, -0.1) is 13.2 Å². The number of nitrogens with zero attached hydrogens (tertiary/aromatic N) is 1. The number of benzene rings is 2. The molecule has 2 amide bonds. The monoisotopic (exact) mass is 480 g/mol. The Balaban J connectivity index is 1.64. The largest absolute Gasteiger partial charge is 0.573 e. The highest BCUT2D eigenvalue weighted by molar-refractivity contribution is 5.89. The van der Waals surface area contributed by atoms with E-state index in [4.69, 9.17) is 4.74 Å². The molecule has 184 valence electrons. The van der Waals surface area contributed by atoms with Crippen LogP contribution in [0, 0.1) is 0 Å². The zero-order chi connectivity index (χ0) is 25.1. The molecule has 2 aromatic rings. The number of alkyl halides is 3. The van der Waals surface area contributed by atoms with Crippen molar-refractivity contribution in [3.05, 3.63) is 53.6 Å². The predicted molar refractivity (Wildman–Crippen MR) is 119 cm³/mol. The number of aliphatic carboxylic acids is 1. The molecule has 0 fully saturated rings. The molecule has 1 aliphatic rings. The maximum Gasteiger partial charge on any atom is 0.573 e. The third-order valence-corrected chi connectivity index (χ3v) is 5.65. The van der Waals surface area contributed by atoms with Gasteiger partial charge in [-0.2, -0.15) is 0 Å². The van der Waals surface area contributed by atoms with Crippen LogP contribution in [0.15, 0.2) is 42.5 Å². The average Bonchev–Trinajstić information content (AvgIpc) is 2.74. The first-order valence-electron chi connectivity index (χ1n) is 10.9. The molecular weight excluding hydrogens is 453 g/mol. The first-order valence-corrected chi connectivity index (χ1v) is 10.9. The fourth-order valence-corrected chi connectivity index (χ4v) is 3.88. The third-order valence-electron chi connectivity index (χ3n) is 5.65. The average molecular weight is 480 g/mol. The number of carboxylic acid groups (broad SMARTS) is 1. The number of hydrogen-bond donors (Lipinski definition) is 2. The van der Waals surface area contributed by atoms with E-state index in [0.29, 0.717) is 37.2 Å². The number of urea groups is 1. The van der Waals surface area contributed by atoms with Crippen molar-refractivity contribution in [2.45, 2.75) is 58.0 Å². The van der Waals surface area contributed by atoms with Crippen LogP contribution in [0.3, 0.4) is 0 Å². The minimum atomic E-state index is -4.78. The van der Waals surface area contributed by atoms with Crippen molar-refractivity contribution in [1.29, 1.82) is 0 Å². The van der Waals surface area contributed by atoms with E-state index in [1.165, 1.54) is 26.0 Å². The number of amides is 2. The summed E-state index contributed by atoms with van der Waals surface area (Å²) in [6.07, 6.45) is -2.76. The lowest BCUT2D eigenvalue weighted by Gasteiger charge is -2.35. The second-order valence-corrected chi connectivity index (χ2v) is 8.53. The molecular formula is C24H27F3N2O5. The molecule has 2 N–H and O–H groups in total. The van der Waals surface area contributed by atoms with Crippen molar-refractivity contribution in [2.75, 3.05) is 11.9 Å². The van der Waals surface area contributed by atoms with Crippen LogP contribution >= 0.6 is 0 Å². The molecule has 3 rings (SSSR count). The van der Waals surface area contributed by atoms with E-state index >= 15 is 0 Å². The summed E-state index contributed by atoms with van der Waals surface area (Å²) in [6.45, 7) is 5.29. The number of ether oxygens (including phenoxy) is 2. The number of nitrogens with one attached hydrogen (secondary N) is 1. The molecule has 0 saturated heterocycles. The fourth-order valence-electron chi connectivity index (χ4n) is 3.88. The maximum absolute atomic E-state index is 12.9. The minimum absolute atomic E-state index is 0.0624. The Morgan fingerprint density at radius 3 is 2.29 bits per heavy atom. The highest BCUT2D eigenvalue weighted by atomic mass is 19.4. The highest BCUT2D eigenvalue weighted by Crippen LogP contribution is 2.30. The van der Waals surface area contributed by atoms with Crippen molar-refractivity contribution in [3.8, 4) is 11.5 Å². The summed E-state index contributed by atoms with van der Waals surface area (Å²) in [5.74, 6) is -0.943. The van der Waals surface area contributed by atoms with Crippen LogP contribution in [-0.4, -0.2) is 46.6 Å². The van der Waals surface area contributed by atoms with Crippen LogP contribution in [0.1, 0.15) is 38.3 Å². The van der Waals surface area contributed by atoms with Crippen LogP contribution in [0.2, 0.25) is 0 Å². The molecule has 1 aliphatic carbocycles. The molecule has 0 spiro atoms. The zero-order valence-corrected chi connectivity index (χ0v) is 19.1. The molecule has 1 atom stereocenters. The maximum atomic E-state index is 12.9. The SMILES string of the molecule is CCN(C(=O)Nc1ccc(OC(F)(F)F)cc1)C1CCc2cc(OC(C)(C)C(=O)O)ccc2C1. The second-order valence-electron chi connectivity index (χ2n) is 8.53. The van der Waals surface area contributed by atoms with Gasteiger partial charge < -0.3 is 24.8 Å². The molecule has 1 unspecified atom stereocenters. The summed E-state index contributed by atoms with van der Waals surface area (Å²) in [4.78, 5) is 25.9. The van der Waals surface area contributed by atoms with Crippen molar-refractivity contribution in [3.63, 3.8) is 0 Å². The van der Waals surface area contributed by atoms with Gasteiger partial charge in [0.2, 0.25) is 0 Å². The summed E-state index contributed by atoms with van der Waals surface area (Å²) in [5, 5.41) is 12.0. The van der Waals surface area contributed by atoms with E-state index in [1.54, 1.807) is 11.0 Å². The van der Waals surface area contributed by atoms with Gasteiger partial charge in [-0.1, -0.05) is 6.07 Å².